The van der Waals surface area contributed by atoms with Crippen molar-refractivity contribution >= 4 is 30.5 Å². The summed E-state index contributed by atoms with van der Waals surface area (Å²) < 4.78 is 0. The van der Waals surface area contributed by atoms with E-state index >= 15 is 0 Å². The van der Waals surface area contributed by atoms with E-state index in [4.69, 9.17) is 5.73 Å². The van der Waals surface area contributed by atoms with Gasteiger partial charge in [0.2, 0.25) is 0 Å². The molecular formula is C17H29Cl2N3O. The molecule has 4 N–H and O–H groups in total. The summed E-state index contributed by atoms with van der Waals surface area (Å²) in [6.07, 6.45) is 5.16. The van der Waals surface area contributed by atoms with Crippen LogP contribution in [0.15, 0.2) is 12.1 Å². The minimum atomic E-state index is 0. The maximum absolute atomic E-state index is 10.6. The molecular weight excluding hydrogens is 333 g/mol. The highest BCUT2D eigenvalue weighted by molar-refractivity contribution is 5.85. The van der Waals surface area contributed by atoms with Gasteiger partial charge >= 0.3 is 0 Å². The molecule has 0 aromatic heterocycles. The van der Waals surface area contributed by atoms with Crippen molar-refractivity contribution in [2.45, 2.75) is 38.6 Å². The quantitative estimate of drug-likeness (QED) is 0.571. The summed E-state index contributed by atoms with van der Waals surface area (Å²) in [5.74, 6) is 0.958. The molecule has 0 amide bonds. The summed E-state index contributed by atoms with van der Waals surface area (Å²) in [4.78, 5) is 2.55. The number of benzene rings is 1. The number of phenols is 1. The topological polar surface area (TPSA) is 61.5 Å². The standard InChI is InChI=1S/C17H27N3O.2ClH/c1-12-6-7-14(18)17(21)15(12)16(13-4-2-3-5-13)20-10-8-19-9-11-20;;/h6-7,13,16,19,21H,2-5,8-11,18H2,1H3;2*1H/t16-;;/m1../s1. The van der Waals surface area contributed by atoms with E-state index in [-0.39, 0.29) is 24.8 Å². The first-order valence-electron chi connectivity index (χ1n) is 8.21. The highest BCUT2D eigenvalue weighted by Crippen LogP contribution is 2.45. The molecule has 4 nitrogen and oxygen atoms in total. The van der Waals surface area contributed by atoms with Crippen LogP contribution in [0.3, 0.4) is 0 Å². The van der Waals surface area contributed by atoms with Gasteiger partial charge in [-0.3, -0.25) is 4.90 Å². The lowest BCUT2D eigenvalue weighted by Crippen LogP contribution is -2.46. The van der Waals surface area contributed by atoms with Gasteiger partial charge in [0.1, 0.15) is 5.75 Å². The minimum absolute atomic E-state index is 0. The smallest absolute Gasteiger partial charge is 0.143 e. The Labute approximate surface area is 151 Å². The lowest BCUT2D eigenvalue weighted by molar-refractivity contribution is 0.123. The Hall–Kier alpha value is -0.680. The second-order valence-corrected chi connectivity index (χ2v) is 6.51. The fourth-order valence-corrected chi connectivity index (χ4v) is 4.05. The van der Waals surface area contributed by atoms with Crippen LogP contribution < -0.4 is 11.1 Å². The Morgan fingerprint density at radius 3 is 2.39 bits per heavy atom. The van der Waals surface area contributed by atoms with Crippen LogP contribution in [0.5, 0.6) is 5.75 Å². The second kappa shape index (κ2) is 8.97. The minimum Gasteiger partial charge on any atom is -0.505 e. The van der Waals surface area contributed by atoms with Gasteiger partial charge in [-0.2, -0.15) is 0 Å². The number of nitrogens with one attached hydrogen (secondary N) is 1. The Bertz CT molecular complexity index is 501. The van der Waals surface area contributed by atoms with E-state index in [0.717, 1.165) is 37.3 Å². The molecule has 2 aliphatic rings. The van der Waals surface area contributed by atoms with E-state index in [1.807, 2.05) is 6.07 Å². The molecule has 0 unspecified atom stereocenters. The third kappa shape index (κ3) is 4.24. The molecule has 132 valence electrons. The monoisotopic (exact) mass is 361 g/mol. The van der Waals surface area contributed by atoms with Crippen LogP contribution in [0, 0.1) is 12.8 Å². The first-order chi connectivity index (χ1) is 10.2. The van der Waals surface area contributed by atoms with Crippen molar-refractivity contribution in [2.24, 2.45) is 5.92 Å². The summed E-state index contributed by atoms with van der Waals surface area (Å²) in [7, 11) is 0. The second-order valence-electron chi connectivity index (χ2n) is 6.51. The lowest BCUT2D eigenvalue weighted by atomic mass is 9.86. The van der Waals surface area contributed by atoms with Gasteiger partial charge in [0.25, 0.3) is 0 Å². The number of piperazine rings is 1. The normalized spacial score (nSPS) is 20.6. The predicted octanol–water partition coefficient (Wildman–Crippen LogP) is 3.26. The molecule has 1 heterocycles. The number of rotatable bonds is 3. The van der Waals surface area contributed by atoms with Crippen molar-refractivity contribution in [1.29, 1.82) is 0 Å². The molecule has 1 saturated carbocycles. The summed E-state index contributed by atoms with van der Waals surface area (Å²) >= 11 is 0. The fourth-order valence-electron chi connectivity index (χ4n) is 4.05. The molecule has 0 bridgehead atoms. The average Bonchev–Trinajstić information content (AvgIpc) is 3.02. The van der Waals surface area contributed by atoms with E-state index in [1.54, 1.807) is 0 Å². The van der Waals surface area contributed by atoms with Crippen LogP contribution in [0.25, 0.3) is 0 Å². The average molecular weight is 362 g/mol. The fraction of sp³-hybridized carbons (Fsp3) is 0.647. The van der Waals surface area contributed by atoms with Gasteiger partial charge in [-0.25, -0.2) is 0 Å². The molecule has 0 radical (unpaired) electrons. The van der Waals surface area contributed by atoms with Crippen molar-refractivity contribution < 1.29 is 5.11 Å². The molecule has 1 aliphatic carbocycles. The number of hydrogen-bond donors (Lipinski definition) is 3. The van der Waals surface area contributed by atoms with Crippen LogP contribution >= 0.6 is 24.8 Å². The summed E-state index contributed by atoms with van der Waals surface area (Å²) in [5, 5.41) is 14.0. The number of aromatic hydroxyl groups is 1. The number of halogens is 2. The van der Waals surface area contributed by atoms with E-state index < -0.39 is 0 Å². The number of nitrogen functional groups attached to an aromatic ring is 1. The maximum atomic E-state index is 10.6. The molecule has 1 aromatic rings. The molecule has 2 fully saturated rings. The zero-order valence-corrected chi connectivity index (χ0v) is 15.4. The zero-order chi connectivity index (χ0) is 14.8. The van der Waals surface area contributed by atoms with Crippen molar-refractivity contribution in [3.8, 4) is 5.75 Å². The summed E-state index contributed by atoms with van der Waals surface area (Å²) in [6, 6.07) is 4.18. The Balaban J connectivity index is 0.00000132. The molecule has 23 heavy (non-hydrogen) atoms. The van der Waals surface area contributed by atoms with Gasteiger partial charge in [-0.1, -0.05) is 18.9 Å². The molecule has 1 saturated heterocycles. The van der Waals surface area contributed by atoms with Crippen LogP contribution in [-0.2, 0) is 0 Å². The Kier molecular flexibility index (Phi) is 7.95. The number of nitrogens with zero attached hydrogens (tertiary/aromatic N) is 1. The van der Waals surface area contributed by atoms with E-state index in [1.165, 1.54) is 25.7 Å². The van der Waals surface area contributed by atoms with Crippen molar-refractivity contribution in [3.05, 3.63) is 23.3 Å². The number of nitrogens with two attached hydrogens (primary N) is 1. The summed E-state index contributed by atoms with van der Waals surface area (Å²) in [6.45, 7) is 6.26. The molecule has 0 spiro atoms. The molecule has 1 atom stereocenters. The van der Waals surface area contributed by atoms with Gasteiger partial charge in [0, 0.05) is 37.8 Å². The van der Waals surface area contributed by atoms with Crippen LogP contribution in [0.1, 0.15) is 42.9 Å². The van der Waals surface area contributed by atoms with Crippen LogP contribution in [-0.4, -0.2) is 36.2 Å². The largest absolute Gasteiger partial charge is 0.505 e. The summed E-state index contributed by atoms with van der Waals surface area (Å²) in [5.41, 5.74) is 8.72. The third-order valence-electron chi connectivity index (χ3n) is 5.15. The van der Waals surface area contributed by atoms with E-state index in [2.05, 4.69) is 23.2 Å². The first kappa shape index (κ1) is 20.4. The SMILES string of the molecule is Cc1ccc(N)c(O)c1[C@@H](C1CCCC1)N1CCNCC1.Cl.Cl. The van der Waals surface area contributed by atoms with Crippen molar-refractivity contribution in [2.75, 3.05) is 31.9 Å². The third-order valence-corrected chi connectivity index (χ3v) is 5.15. The predicted molar refractivity (Wildman–Crippen MR) is 101 cm³/mol. The maximum Gasteiger partial charge on any atom is 0.143 e. The Morgan fingerprint density at radius 1 is 1.17 bits per heavy atom. The van der Waals surface area contributed by atoms with Gasteiger partial charge in [0.05, 0.1) is 5.69 Å². The van der Waals surface area contributed by atoms with Gasteiger partial charge in [-0.15, -0.1) is 24.8 Å². The number of aryl methyl sites for hydroxylation is 1. The molecule has 3 rings (SSSR count). The Morgan fingerprint density at radius 2 is 1.78 bits per heavy atom. The first-order valence-corrected chi connectivity index (χ1v) is 8.21. The number of hydrogen-bond acceptors (Lipinski definition) is 4. The lowest BCUT2D eigenvalue weighted by Gasteiger charge is -2.39. The van der Waals surface area contributed by atoms with Crippen molar-refractivity contribution in [1.82, 2.24) is 10.2 Å². The number of phenolic OH excluding ortho intramolecular Hbond substituents is 1. The van der Waals surface area contributed by atoms with Gasteiger partial charge in [-0.05, 0) is 37.3 Å². The van der Waals surface area contributed by atoms with E-state index in [0.29, 0.717) is 23.4 Å². The highest BCUT2D eigenvalue weighted by Gasteiger charge is 2.34. The van der Waals surface area contributed by atoms with E-state index in [9.17, 15) is 5.11 Å². The van der Waals surface area contributed by atoms with Crippen LogP contribution in [0.4, 0.5) is 5.69 Å². The van der Waals surface area contributed by atoms with Gasteiger partial charge in [0.15, 0.2) is 0 Å². The molecule has 6 heteroatoms. The van der Waals surface area contributed by atoms with Crippen molar-refractivity contribution in [3.63, 3.8) is 0 Å². The molecule has 1 aliphatic heterocycles. The zero-order valence-electron chi connectivity index (χ0n) is 13.8. The van der Waals surface area contributed by atoms with Gasteiger partial charge < -0.3 is 16.2 Å². The van der Waals surface area contributed by atoms with Crippen LogP contribution in [0.2, 0.25) is 0 Å². The highest BCUT2D eigenvalue weighted by atomic mass is 35.5. The number of anilines is 1. The molecule has 1 aromatic carbocycles.